The SMILES string of the molecule is COc1ccc2c(c1)OCCn1c-2c(C2CCCCC2)c2ccc(C(=O)NC3(C(=O)Cc4ccc(/C=C/C(N)=O)cc4)CCC3)cc21. The standard InChI is InChI=1S/C39H41N3O5/c1-46-29-14-16-31-33(24-29)47-21-20-42-32-23-28(13-15-30(32)36(37(31)42)27-6-3-2-4-7-27)38(45)41-39(18-5-19-39)34(43)22-26-10-8-25(9-11-26)12-17-35(40)44/h8-17,23-24,27H,2-7,18-22H2,1H3,(H2,40,44)(H,41,45)/b17-12+. The van der Waals surface area contributed by atoms with Gasteiger partial charge in [-0.25, -0.2) is 0 Å². The lowest BCUT2D eigenvalue weighted by Gasteiger charge is -2.41. The Morgan fingerprint density at radius 1 is 1.00 bits per heavy atom. The number of carbonyl (C=O) groups is 3. The van der Waals surface area contributed by atoms with Crippen LogP contribution >= 0.6 is 0 Å². The molecule has 242 valence electrons. The van der Waals surface area contributed by atoms with Crippen molar-refractivity contribution in [1.29, 1.82) is 0 Å². The molecule has 4 aromatic rings. The molecule has 0 radical (unpaired) electrons. The number of ether oxygens (including phenoxy) is 2. The second-order valence-corrected chi connectivity index (χ2v) is 13.2. The maximum Gasteiger partial charge on any atom is 0.252 e. The number of fused-ring (bicyclic) bond motifs is 5. The van der Waals surface area contributed by atoms with Crippen LogP contribution in [0.2, 0.25) is 0 Å². The fraction of sp³-hybridized carbons (Fsp3) is 0.359. The zero-order valence-corrected chi connectivity index (χ0v) is 26.8. The summed E-state index contributed by atoms with van der Waals surface area (Å²) in [6, 6.07) is 19.6. The van der Waals surface area contributed by atoms with E-state index in [0.29, 0.717) is 37.5 Å². The van der Waals surface area contributed by atoms with E-state index in [9.17, 15) is 14.4 Å². The lowest BCUT2D eigenvalue weighted by Crippen LogP contribution is -2.59. The molecule has 0 unspecified atom stereocenters. The molecule has 2 aliphatic carbocycles. The first kappa shape index (κ1) is 30.8. The van der Waals surface area contributed by atoms with Gasteiger partial charge < -0.3 is 25.1 Å². The van der Waals surface area contributed by atoms with Gasteiger partial charge in [-0.2, -0.15) is 0 Å². The van der Waals surface area contributed by atoms with Crippen LogP contribution in [0.1, 0.15) is 84.3 Å². The minimum absolute atomic E-state index is 0.0129. The zero-order valence-electron chi connectivity index (χ0n) is 26.8. The van der Waals surface area contributed by atoms with Crippen LogP contribution in [0.4, 0.5) is 0 Å². The van der Waals surface area contributed by atoms with Crippen LogP contribution in [0, 0.1) is 0 Å². The number of nitrogens with two attached hydrogens (primary N) is 1. The topological polar surface area (TPSA) is 113 Å². The summed E-state index contributed by atoms with van der Waals surface area (Å²) in [5.41, 5.74) is 11.2. The predicted octanol–water partition coefficient (Wildman–Crippen LogP) is 6.72. The van der Waals surface area contributed by atoms with Crippen molar-refractivity contribution in [2.45, 2.75) is 75.8 Å². The quantitative estimate of drug-likeness (QED) is 0.199. The van der Waals surface area contributed by atoms with Crippen molar-refractivity contribution in [2.75, 3.05) is 13.7 Å². The van der Waals surface area contributed by atoms with Gasteiger partial charge in [-0.1, -0.05) is 49.6 Å². The van der Waals surface area contributed by atoms with E-state index in [1.54, 1.807) is 13.2 Å². The fourth-order valence-corrected chi connectivity index (χ4v) is 7.61. The molecule has 0 saturated heterocycles. The lowest BCUT2D eigenvalue weighted by atomic mass is 9.72. The zero-order chi connectivity index (χ0) is 32.5. The molecule has 1 aromatic heterocycles. The van der Waals surface area contributed by atoms with Gasteiger partial charge in [0.2, 0.25) is 5.91 Å². The Bertz CT molecular complexity index is 1880. The third kappa shape index (κ3) is 5.93. The van der Waals surface area contributed by atoms with Gasteiger partial charge in [-0.3, -0.25) is 14.4 Å². The maximum atomic E-state index is 13.9. The molecule has 47 heavy (non-hydrogen) atoms. The van der Waals surface area contributed by atoms with Gasteiger partial charge in [0.1, 0.15) is 18.1 Å². The molecule has 2 amide bonds. The summed E-state index contributed by atoms with van der Waals surface area (Å²) in [5, 5.41) is 4.36. The van der Waals surface area contributed by atoms with Crippen LogP contribution in [0.3, 0.4) is 0 Å². The highest BCUT2D eigenvalue weighted by atomic mass is 16.5. The molecular weight excluding hydrogens is 590 g/mol. The molecule has 3 N–H and O–H groups in total. The molecule has 8 nitrogen and oxygen atoms in total. The van der Waals surface area contributed by atoms with Crippen LogP contribution < -0.4 is 20.5 Å². The number of ketones is 1. The summed E-state index contributed by atoms with van der Waals surface area (Å²) in [4.78, 5) is 38.6. The summed E-state index contributed by atoms with van der Waals surface area (Å²) >= 11 is 0. The number of benzene rings is 3. The number of methoxy groups -OCH3 is 1. The summed E-state index contributed by atoms with van der Waals surface area (Å²) < 4.78 is 14.1. The van der Waals surface area contributed by atoms with Gasteiger partial charge >= 0.3 is 0 Å². The first-order valence-electron chi connectivity index (χ1n) is 16.7. The smallest absolute Gasteiger partial charge is 0.252 e. The summed E-state index contributed by atoms with van der Waals surface area (Å²) in [6.07, 6.45) is 11.3. The van der Waals surface area contributed by atoms with Gasteiger partial charge in [-0.05, 0) is 85.1 Å². The lowest BCUT2D eigenvalue weighted by molar-refractivity contribution is -0.127. The van der Waals surface area contributed by atoms with Gasteiger partial charge in [0.05, 0.1) is 24.9 Å². The molecule has 0 atom stereocenters. The second kappa shape index (κ2) is 12.7. The van der Waals surface area contributed by atoms with Crippen LogP contribution in [-0.2, 0) is 22.6 Å². The van der Waals surface area contributed by atoms with Crippen molar-refractivity contribution in [1.82, 2.24) is 9.88 Å². The number of amides is 2. The molecule has 2 saturated carbocycles. The minimum atomic E-state index is -0.869. The minimum Gasteiger partial charge on any atom is -0.497 e. The van der Waals surface area contributed by atoms with Crippen LogP contribution in [0.5, 0.6) is 11.5 Å². The third-order valence-corrected chi connectivity index (χ3v) is 10.3. The number of hydrogen-bond acceptors (Lipinski definition) is 5. The number of carbonyl (C=O) groups excluding carboxylic acids is 3. The highest BCUT2D eigenvalue weighted by Gasteiger charge is 2.45. The van der Waals surface area contributed by atoms with E-state index in [-0.39, 0.29) is 18.1 Å². The number of rotatable bonds is 9. The number of nitrogens with one attached hydrogen (secondary N) is 1. The molecule has 2 fully saturated rings. The highest BCUT2D eigenvalue weighted by Crippen LogP contribution is 2.48. The maximum absolute atomic E-state index is 13.9. The van der Waals surface area contributed by atoms with E-state index >= 15 is 0 Å². The van der Waals surface area contributed by atoms with E-state index in [0.717, 1.165) is 53.0 Å². The monoisotopic (exact) mass is 631 g/mol. The Balaban J connectivity index is 1.19. The molecule has 8 heteroatoms. The van der Waals surface area contributed by atoms with Crippen LogP contribution in [0.15, 0.2) is 66.7 Å². The summed E-state index contributed by atoms with van der Waals surface area (Å²) in [5.74, 6) is 1.31. The summed E-state index contributed by atoms with van der Waals surface area (Å²) in [6.45, 7) is 1.18. The number of aromatic nitrogens is 1. The largest absolute Gasteiger partial charge is 0.497 e. The predicted molar refractivity (Wildman–Crippen MR) is 183 cm³/mol. The average molecular weight is 632 g/mol. The van der Waals surface area contributed by atoms with E-state index in [4.69, 9.17) is 15.2 Å². The Kier molecular flexibility index (Phi) is 8.35. The first-order valence-corrected chi connectivity index (χ1v) is 16.7. The van der Waals surface area contributed by atoms with Crippen LogP contribution in [-0.4, -0.2) is 41.4 Å². The summed E-state index contributed by atoms with van der Waals surface area (Å²) in [7, 11) is 1.67. The van der Waals surface area contributed by atoms with Gasteiger partial charge in [0.15, 0.2) is 5.78 Å². The molecule has 1 aliphatic heterocycles. The Labute approximate surface area is 274 Å². The molecular formula is C39H41N3O5. The van der Waals surface area contributed by atoms with Gasteiger partial charge in [0.25, 0.3) is 5.91 Å². The number of primary amides is 1. The Morgan fingerprint density at radius 2 is 1.79 bits per heavy atom. The van der Waals surface area contributed by atoms with Gasteiger partial charge in [0, 0.05) is 40.6 Å². The van der Waals surface area contributed by atoms with E-state index in [2.05, 4.69) is 22.0 Å². The van der Waals surface area contributed by atoms with Crippen molar-refractivity contribution in [3.63, 3.8) is 0 Å². The van der Waals surface area contributed by atoms with E-state index in [1.165, 1.54) is 42.0 Å². The molecule has 0 spiro atoms. The second-order valence-electron chi connectivity index (χ2n) is 13.2. The van der Waals surface area contributed by atoms with Crippen molar-refractivity contribution in [3.05, 3.63) is 89.0 Å². The first-order chi connectivity index (χ1) is 22.8. The number of hydrogen-bond donors (Lipinski definition) is 2. The molecule has 3 aromatic carbocycles. The molecule has 3 aliphatic rings. The van der Waals surface area contributed by atoms with Crippen molar-refractivity contribution >= 4 is 34.6 Å². The third-order valence-electron chi connectivity index (χ3n) is 10.3. The Hall–Kier alpha value is -4.85. The van der Waals surface area contributed by atoms with E-state index in [1.807, 2.05) is 48.5 Å². The Morgan fingerprint density at radius 3 is 2.49 bits per heavy atom. The normalized spacial score (nSPS) is 17.2. The van der Waals surface area contributed by atoms with Crippen molar-refractivity contribution in [3.8, 4) is 22.8 Å². The molecule has 7 rings (SSSR count). The highest BCUT2D eigenvalue weighted by molar-refractivity contribution is 6.04. The van der Waals surface area contributed by atoms with Crippen molar-refractivity contribution in [2.24, 2.45) is 5.73 Å². The molecule has 2 heterocycles. The number of nitrogens with zero attached hydrogens (tertiary/aromatic N) is 1. The average Bonchev–Trinajstić information content (AvgIpc) is 3.27. The number of Topliss-reactive ketones (excluding diaryl/α,β-unsaturated/α-hetero) is 1. The molecule has 0 bridgehead atoms. The van der Waals surface area contributed by atoms with E-state index < -0.39 is 11.4 Å². The van der Waals surface area contributed by atoms with Crippen molar-refractivity contribution < 1.29 is 23.9 Å². The van der Waals surface area contributed by atoms with Gasteiger partial charge in [-0.15, -0.1) is 0 Å². The fourth-order valence-electron chi connectivity index (χ4n) is 7.61. The van der Waals surface area contributed by atoms with Crippen LogP contribution in [0.25, 0.3) is 28.2 Å².